The third-order valence-electron chi connectivity index (χ3n) is 7.05. The molecule has 7 nitrogen and oxygen atoms in total. The topological polar surface area (TPSA) is 70.6 Å². The summed E-state index contributed by atoms with van der Waals surface area (Å²) >= 11 is 0. The number of piperazine rings is 1. The molecule has 0 aromatic carbocycles. The Balaban J connectivity index is 1.57. The van der Waals surface area contributed by atoms with E-state index in [1.165, 1.54) is 19.3 Å². The summed E-state index contributed by atoms with van der Waals surface area (Å²) in [7, 11) is 0. The number of ether oxygens (including phenoxy) is 1. The number of aromatic nitrogens is 2. The summed E-state index contributed by atoms with van der Waals surface area (Å²) in [4.78, 5) is 25.0. The van der Waals surface area contributed by atoms with Gasteiger partial charge in [0.2, 0.25) is 6.41 Å². The molecule has 34 heavy (non-hydrogen) atoms. The van der Waals surface area contributed by atoms with E-state index in [-0.39, 0.29) is 12.0 Å². The van der Waals surface area contributed by atoms with Crippen molar-refractivity contribution in [2.45, 2.75) is 90.3 Å². The maximum atomic E-state index is 12.4. The number of anilines is 1. The highest BCUT2D eigenvalue weighted by Crippen LogP contribution is 2.28. The smallest absolute Gasteiger partial charge is 0.345 e. The first-order valence-electron chi connectivity index (χ1n) is 12.6. The van der Waals surface area contributed by atoms with Crippen LogP contribution in [0, 0.1) is 5.92 Å². The molecule has 0 bridgehead atoms. The molecular formula is C25H41F2N5O2. The maximum Gasteiger partial charge on any atom is 0.345 e. The van der Waals surface area contributed by atoms with Crippen LogP contribution in [0.15, 0.2) is 6.07 Å². The van der Waals surface area contributed by atoms with Crippen molar-refractivity contribution in [3.8, 4) is 0 Å². The Hall–Kier alpha value is -1.87. The molecule has 1 aromatic heterocycles. The number of nitrogens with zero attached hydrogens (tertiary/aromatic N) is 4. The first-order valence-corrected chi connectivity index (χ1v) is 12.6. The number of rotatable bonds is 10. The van der Waals surface area contributed by atoms with Crippen molar-refractivity contribution < 1.29 is 18.3 Å². The number of carbonyl (C=O) groups excluding carboxylic acids is 1. The van der Waals surface area contributed by atoms with Crippen molar-refractivity contribution in [3.05, 3.63) is 17.6 Å². The van der Waals surface area contributed by atoms with Crippen molar-refractivity contribution in [1.29, 1.82) is 0 Å². The van der Waals surface area contributed by atoms with E-state index in [9.17, 15) is 13.6 Å². The summed E-state index contributed by atoms with van der Waals surface area (Å²) in [5, 5.41) is 2.92. The van der Waals surface area contributed by atoms with Crippen molar-refractivity contribution >= 4 is 12.2 Å². The molecule has 2 heterocycles. The largest absolute Gasteiger partial charge is 0.356 e. The lowest BCUT2D eigenvalue weighted by atomic mass is 9.84. The van der Waals surface area contributed by atoms with Crippen molar-refractivity contribution in [1.82, 2.24) is 20.2 Å². The van der Waals surface area contributed by atoms with Gasteiger partial charge in [-0.2, -0.15) is 8.78 Å². The molecule has 0 radical (unpaired) electrons. The SMILES string of the molecule is CC1CN(CCC2CCC(NC=O)CC2)CCN1c1cc(CCOC(F)F)nc(C(C)(C)C)n1. The Labute approximate surface area is 202 Å². The van der Waals surface area contributed by atoms with Crippen LogP contribution in [0.2, 0.25) is 0 Å². The predicted molar refractivity (Wildman–Crippen MR) is 129 cm³/mol. The second-order valence-corrected chi connectivity index (χ2v) is 10.8. The highest BCUT2D eigenvalue weighted by Gasteiger charge is 2.28. The molecule has 1 atom stereocenters. The van der Waals surface area contributed by atoms with E-state index < -0.39 is 6.61 Å². The van der Waals surface area contributed by atoms with Crippen molar-refractivity contribution in [3.63, 3.8) is 0 Å². The third-order valence-corrected chi connectivity index (χ3v) is 7.05. The van der Waals surface area contributed by atoms with Gasteiger partial charge in [-0.1, -0.05) is 20.8 Å². The van der Waals surface area contributed by atoms with Crippen LogP contribution in [0.5, 0.6) is 0 Å². The monoisotopic (exact) mass is 481 g/mol. The van der Waals surface area contributed by atoms with Crippen molar-refractivity contribution in [2.75, 3.05) is 37.7 Å². The summed E-state index contributed by atoms with van der Waals surface area (Å²) in [6.07, 6.45) is 6.92. The molecule has 1 N–H and O–H groups in total. The number of alkyl halides is 2. The Morgan fingerprint density at radius 3 is 2.56 bits per heavy atom. The summed E-state index contributed by atoms with van der Waals surface area (Å²) in [5.41, 5.74) is 0.504. The van der Waals surface area contributed by atoms with E-state index in [4.69, 9.17) is 4.98 Å². The minimum absolute atomic E-state index is 0.0614. The average molecular weight is 482 g/mol. The fourth-order valence-corrected chi connectivity index (χ4v) is 5.00. The molecule has 1 saturated carbocycles. The summed E-state index contributed by atoms with van der Waals surface area (Å²) in [6, 6.07) is 2.59. The van der Waals surface area contributed by atoms with E-state index >= 15 is 0 Å². The molecule has 3 rings (SSSR count). The van der Waals surface area contributed by atoms with Crippen LogP contribution in [-0.2, 0) is 21.4 Å². The first-order chi connectivity index (χ1) is 16.2. The molecule has 1 aliphatic carbocycles. The Kier molecular flexibility index (Phi) is 9.59. The van der Waals surface area contributed by atoms with Crippen LogP contribution >= 0.6 is 0 Å². The van der Waals surface area contributed by atoms with E-state index in [2.05, 4.69) is 52.5 Å². The van der Waals surface area contributed by atoms with Gasteiger partial charge in [0, 0.05) is 55.3 Å². The summed E-state index contributed by atoms with van der Waals surface area (Å²) in [6.45, 7) is 9.52. The third kappa shape index (κ3) is 7.83. The summed E-state index contributed by atoms with van der Waals surface area (Å²) < 4.78 is 29.3. The second-order valence-electron chi connectivity index (χ2n) is 10.8. The molecular weight excluding hydrogens is 440 g/mol. The van der Waals surface area contributed by atoms with Crippen LogP contribution in [0.3, 0.4) is 0 Å². The van der Waals surface area contributed by atoms with Crippen LogP contribution in [0.1, 0.15) is 71.3 Å². The molecule has 1 unspecified atom stereocenters. The van der Waals surface area contributed by atoms with Gasteiger partial charge in [0.05, 0.1) is 6.61 Å². The zero-order chi connectivity index (χ0) is 24.7. The lowest BCUT2D eigenvalue weighted by Crippen LogP contribution is -2.52. The molecule has 2 aliphatic rings. The van der Waals surface area contributed by atoms with Gasteiger partial charge in [-0.3, -0.25) is 9.69 Å². The van der Waals surface area contributed by atoms with E-state index in [1.807, 2.05) is 6.07 Å². The van der Waals surface area contributed by atoms with Gasteiger partial charge < -0.3 is 15.0 Å². The zero-order valence-corrected chi connectivity index (χ0v) is 21.1. The Morgan fingerprint density at radius 2 is 1.94 bits per heavy atom. The van der Waals surface area contributed by atoms with Crippen LogP contribution in [0.25, 0.3) is 0 Å². The Morgan fingerprint density at radius 1 is 1.21 bits per heavy atom. The number of hydrogen-bond donors (Lipinski definition) is 1. The molecule has 192 valence electrons. The fourth-order valence-electron chi connectivity index (χ4n) is 5.00. The average Bonchev–Trinajstić information content (AvgIpc) is 2.78. The first kappa shape index (κ1) is 26.7. The Bertz CT molecular complexity index is 781. The fraction of sp³-hybridized carbons (Fsp3) is 0.800. The second kappa shape index (κ2) is 12.2. The molecule has 0 spiro atoms. The van der Waals surface area contributed by atoms with Gasteiger partial charge in [-0.05, 0) is 51.5 Å². The standard InChI is InChI=1S/C25H41F2N5O2/c1-18-16-31(11-9-19-5-7-20(8-6-19)28-17-33)12-13-32(18)22-15-21(10-14-34-24(26)27)29-23(30-22)25(2,3)4/h15,17-20,24H,5-14,16H2,1-4H3,(H,28,33). The van der Waals surface area contributed by atoms with Crippen LogP contribution < -0.4 is 10.2 Å². The van der Waals surface area contributed by atoms with Crippen LogP contribution in [0.4, 0.5) is 14.6 Å². The van der Waals surface area contributed by atoms with E-state index in [0.717, 1.165) is 68.7 Å². The maximum absolute atomic E-state index is 12.4. The molecule has 1 aliphatic heterocycles. The molecule has 1 aromatic rings. The molecule has 9 heteroatoms. The van der Waals surface area contributed by atoms with Gasteiger partial charge in [0.1, 0.15) is 11.6 Å². The van der Waals surface area contributed by atoms with E-state index in [0.29, 0.717) is 18.5 Å². The zero-order valence-electron chi connectivity index (χ0n) is 21.1. The van der Waals surface area contributed by atoms with Gasteiger partial charge in [0.25, 0.3) is 0 Å². The van der Waals surface area contributed by atoms with Gasteiger partial charge in [-0.15, -0.1) is 0 Å². The predicted octanol–water partition coefficient (Wildman–Crippen LogP) is 3.76. The van der Waals surface area contributed by atoms with E-state index in [1.54, 1.807) is 0 Å². The number of amides is 1. The highest BCUT2D eigenvalue weighted by molar-refractivity contribution is 5.46. The van der Waals surface area contributed by atoms with Gasteiger partial charge in [-0.25, -0.2) is 9.97 Å². The van der Waals surface area contributed by atoms with Crippen molar-refractivity contribution in [2.24, 2.45) is 5.92 Å². The molecule has 1 amide bonds. The summed E-state index contributed by atoms with van der Waals surface area (Å²) in [5.74, 6) is 2.35. The molecule has 2 fully saturated rings. The van der Waals surface area contributed by atoms with Crippen LogP contribution in [-0.4, -0.2) is 72.8 Å². The lowest BCUT2D eigenvalue weighted by Gasteiger charge is -2.41. The number of halogens is 2. The highest BCUT2D eigenvalue weighted by atomic mass is 19.3. The minimum Gasteiger partial charge on any atom is -0.356 e. The number of nitrogens with one attached hydrogen (secondary N) is 1. The normalized spacial score (nSPS) is 24.4. The number of hydrogen-bond acceptors (Lipinski definition) is 6. The lowest BCUT2D eigenvalue weighted by molar-refractivity contribution is -0.127. The quantitative estimate of drug-likeness (QED) is 0.513. The minimum atomic E-state index is -2.76. The number of carbonyl (C=O) groups is 1. The molecule has 1 saturated heterocycles. The van der Waals surface area contributed by atoms with Gasteiger partial charge >= 0.3 is 6.61 Å². The van der Waals surface area contributed by atoms with Gasteiger partial charge in [0.15, 0.2) is 0 Å².